The van der Waals surface area contributed by atoms with Crippen LogP contribution in [0.4, 0.5) is 5.82 Å². The summed E-state index contributed by atoms with van der Waals surface area (Å²) in [5.41, 5.74) is 0.335. The molecule has 0 spiro atoms. The van der Waals surface area contributed by atoms with Crippen molar-refractivity contribution in [3.8, 4) is 17.0 Å². The molecule has 2 aromatic heterocycles. The Morgan fingerprint density at radius 2 is 1.80 bits per heavy atom. The predicted octanol–water partition coefficient (Wildman–Crippen LogP) is 0.491. The molecule has 1 aliphatic rings. The van der Waals surface area contributed by atoms with Crippen molar-refractivity contribution >= 4 is 11.7 Å². The molecule has 30 heavy (non-hydrogen) atoms. The van der Waals surface area contributed by atoms with Crippen LogP contribution in [0, 0.1) is 0 Å². The molecule has 0 aliphatic carbocycles. The summed E-state index contributed by atoms with van der Waals surface area (Å²) in [6, 6.07) is 9.53. The van der Waals surface area contributed by atoms with Gasteiger partial charge in [0, 0.05) is 44.0 Å². The fourth-order valence-corrected chi connectivity index (χ4v) is 3.32. The van der Waals surface area contributed by atoms with E-state index in [1.54, 1.807) is 12.0 Å². The summed E-state index contributed by atoms with van der Waals surface area (Å²) >= 11 is 0. The minimum Gasteiger partial charge on any atom is -0.497 e. The van der Waals surface area contributed by atoms with Crippen LogP contribution < -0.4 is 20.9 Å². The largest absolute Gasteiger partial charge is 0.497 e. The average molecular weight is 408 g/mol. The Morgan fingerprint density at radius 1 is 1.07 bits per heavy atom. The molecule has 0 bridgehead atoms. The van der Waals surface area contributed by atoms with Crippen LogP contribution in [0.1, 0.15) is 10.4 Å². The van der Waals surface area contributed by atoms with E-state index in [0.29, 0.717) is 26.2 Å². The Balaban J connectivity index is 1.45. The fraction of sp³-hybridized carbons (Fsp3) is 0.250. The average Bonchev–Trinajstić information content (AvgIpc) is 2.79. The summed E-state index contributed by atoms with van der Waals surface area (Å²) in [5, 5.41) is 0. The molecule has 1 saturated heterocycles. The number of H-pyrrole nitrogens is 2. The van der Waals surface area contributed by atoms with Gasteiger partial charge in [-0.15, -0.1) is 0 Å². The first-order valence-electron chi connectivity index (χ1n) is 9.38. The number of hydrogen-bond acceptors (Lipinski definition) is 7. The number of piperazine rings is 1. The zero-order chi connectivity index (χ0) is 21.1. The molecular weight excluding hydrogens is 388 g/mol. The number of aromatic amines is 2. The minimum atomic E-state index is -0.689. The normalized spacial score (nSPS) is 13.9. The standard InChI is InChI=1S/C20H20N6O4/c1-30-14-4-2-13(3-5-14)16-10-17(23-12-22-16)25-6-8-26(9-7-25)19(28)15-11-21-20(29)24-18(15)27/h2-5,10-12H,6-9H2,1H3,(H2,21,24,27,29). The fourth-order valence-electron chi connectivity index (χ4n) is 3.32. The lowest BCUT2D eigenvalue weighted by Crippen LogP contribution is -2.50. The highest BCUT2D eigenvalue weighted by atomic mass is 16.5. The molecule has 1 amide bonds. The Hall–Kier alpha value is -3.95. The molecule has 0 atom stereocenters. The molecule has 0 unspecified atom stereocenters. The van der Waals surface area contributed by atoms with Gasteiger partial charge >= 0.3 is 5.69 Å². The van der Waals surface area contributed by atoms with E-state index in [1.807, 2.05) is 30.3 Å². The molecule has 1 aromatic carbocycles. The number of anilines is 1. The molecule has 4 rings (SSSR count). The number of nitrogens with one attached hydrogen (secondary N) is 2. The van der Waals surface area contributed by atoms with E-state index in [0.717, 1.165) is 29.0 Å². The Morgan fingerprint density at radius 3 is 2.47 bits per heavy atom. The van der Waals surface area contributed by atoms with Gasteiger partial charge in [0.15, 0.2) is 0 Å². The van der Waals surface area contributed by atoms with Crippen molar-refractivity contribution in [1.29, 1.82) is 0 Å². The van der Waals surface area contributed by atoms with Crippen LogP contribution in [0.25, 0.3) is 11.3 Å². The minimum absolute atomic E-state index is 0.0770. The lowest BCUT2D eigenvalue weighted by Gasteiger charge is -2.35. The van der Waals surface area contributed by atoms with E-state index in [-0.39, 0.29) is 5.56 Å². The van der Waals surface area contributed by atoms with E-state index >= 15 is 0 Å². The van der Waals surface area contributed by atoms with E-state index in [4.69, 9.17) is 4.74 Å². The summed E-state index contributed by atoms with van der Waals surface area (Å²) in [6.45, 7) is 1.98. The molecule has 0 saturated carbocycles. The second-order valence-corrected chi connectivity index (χ2v) is 6.75. The third kappa shape index (κ3) is 3.93. The summed E-state index contributed by atoms with van der Waals surface area (Å²) in [5.74, 6) is 1.13. The van der Waals surface area contributed by atoms with Crippen LogP contribution in [-0.2, 0) is 0 Å². The second kappa shape index (κ2) is 8.19. The first-order chi connectivity index (χ1) is 14.5. The third-order valence-corrected chi connectivity index (χ3v) is 4.98. The highest BCUT2D eigenvalue weighted by molar-refractivity contribution is 5.93. The van der Waals surface area contributed by atoms with Gasteiger partial charge in [-0.05, 0) is 24.3 Å². The van der Waals surface area contributed by atoms with E-state index < -0.39 is 17.2 Å². The summed E-state index contributed by atoms with van der Waals surface area (Å²) in [4.78, 5) is 52.4. The Labute approximate surface area is 171 Å². The van der Waals surface area contributed by atoms with Gasteiger partial charge in [0.25, 0.3) is 11.5 Å². The Bertz CT molecular complexity index is 1160. The smallest absolute Gasteiger partial charge is 0.325 e. The molecule has 3 aromatic rings. The van der Waals surface area contributed by atoms with Gasteiger partial charge in [0.2, 0.25) is 0 Å². The van der Waals surface area contributed by atoms with Gasteiger partial charge in [-0.1, -0.05) is 0 Å². The maximum Gasteiger partial charge on any atom is 0.325 e. The quantitative estimate of drug-likeness (QED) is 0.644. The van der Waals surface area contributed by atoms with Crippen LogP contribution in [0.2, 0.25) is 0 Å². The van der Waals surface area contributed by atoms with Crippen molar-refractivity contribution < 1.29 is 9.53 Å². The number of carbonyl (C=O) groups excluding carboxylic acids is 1. The zero-order valence-corrected chi connectivity index (χ0v) is 16.3. The van der Waals surface area contributed by atoms with Crippen molar-refractivity contribution in [2.75, 3.05) is 38.2 Å². The molecule has 10 nitrogen and oxygen atoms in total. The van der Waals surface area contributed by atoms with Crippen LogP contribution in [0.15, 0.2) is 52.4 Å². The van der Waals surface area contributed by atoms with Crippen molar-refractivity contribution in [2.24, 2.45) is 0 Å². The van der Waals surface area contributed by atoms with Gasteiger partial charge in [-0.3, -0.25) is 14.6 Å². The number of hydrogen-bond donors (Lipinski definition) is 2. The predicted molar refractivity (Wildman–Crippen MR) is 110 cm³/mol. The number of carbonyl (C=O) groups is 1. The monoisotopic (exact) mass is 408 g/mol. The van der Waals surface area contributed by atoms with Gasteiger partial charge in [-0.2, -0.15) is 0 Å². The number of rotatable bonds is 4. The molecule has 0 radical (unpaired) electrons. The van der Waals surface area contributed by atoms with Crippen molar-refractivity contribution in [2.45, 2.75) is 0 Å². The highest BCUT2D eigenvalue weighted by Gasteiger charge is 2.25. The number of aromatic nitrogens is 4. The van der Waals surface area contributed by atoms with Crippen LogP contribution >= 0.6 is 0 Å². The maximum absolute atomic E-state index is 12.6. The zero-order valence-electron chi connectivity index (χ0n) is 16.3. The topological polar surface area (TPSA) is 124 Å². The number of amides is 1. The van der Waals surface area contributed by atoms with Gasteiger partial charge in [-0.25, -0.2) is 14.8 Å². The lowest BCUT2D eigenvalue weighted by molar-refractivity contribution is 0.0744. The van der Waals surface area contributed by atoms with Gasteiger partial charge in [0.1, 0.15) is 23.5 Å². The molecule has 10 heteroatoms. The van der Waals surface area contributed by atoms with E-state index in [1.165, 1.54) is 6.33 Å². The molecule has 1 fully saturated rings. The first-order valence-corrected chi connectivity index (χ1v) is 9.38. The van der Waals surface area contributed by atoms with Gasteiger partial charge < -0.3 is 19.5 Å². The molecule has 3 heterocycles. The lowest BCUT2D eigenvalue weighted by atomic mass is 10.1. The van der Waals surface area contributed by atoms with Crippen LogP contribution in [0.3, 0.4) is 0 Å². The number of nitrogens with zero attached hydrogens (tertiary/aromatic N) is 4. The maximum atomic E-state index is 12.6. The van der Waals surface area contributed by atoms with E-state index in [2.05, 4.69) is 24.8 Å². The number of benzene rings is 1. The molecular formula is C20H20N6O4. The molecule has 154 valence electrons. The summed E-state index contributed by atoms with van der Waals surface area (Å²) < 4.78 is 5.19. The third-order valence-electron chi connectivity index (χ3n) is 4.98. The van der Waals surface area contributed by atoms with Crippen molar-refractivity contribution in [3.63, 3.8) is 0 Å². The highest BCUT2D eigenvalue weighted by Crippen LogP contribution is 2.23. The second-order valence-electron chi connectivity index (χ2n) is 6.75. The van der Waals surface area contributed by atoms with Crippen molar-refractivity contribution in [3.05, 3.63) is 69.3 Å². The summed E-state index contributed by atoms with van der Waals surface area (Å²) in [7, 11) is 1.62. The SMILES string of the molecule is COc1ccc(-c2cc(N3CCN(C(=O)c4c[nH]c(=O)[nH]c4=O)CC3)ncn2)cc1. The van der Waals surface area contributed by atoms with Crippen molar-refractivity contribution in [1.82, 2.24) is 24.8 Å². The number of methoxy groups -OCH3 is 1. The van der Waals surface area contributed by atoms with Crippen LogP contribution in [-0.4, -0.2) is 64.0 Å². The first kappa shape index (κ1) is 19.4. The summed E-state index contributed by atoms with van der Waals surface area (Å²) in [6.07, 6.45) is 2.67. The number of ether oxygens (including phenoxy) is 1. The Kier molecular flexibility index (Phi) is 5.29. The molecule has 2 N–H and O–H groups in total. The molecule has 1 aliphatic heterocycles. The van der Waals surface area contributed by atoms with Gasteiger partial charge in [0.05, 0.1) is 12.8 Å². The van der Waals surface area contributed by atoms with Crippen LogP contribution in [0.5, 0.6) is 5.75 Å². The van der Waals surface area contributed by atoms with E-state index in [9.17, 15) is 14.4 Å².